The van der Waals surface area contributed by atoms with E-state index in [2.05, 4.69) is 18.1 Å². The van der Waals surface area contributed by atoms with E-state index in [0.29, 0.717) is 19.2 Å². The molecule has 0 saturated carbocycles. The minimum Gasteiger partial charge on any atom is -0.494 e. The number of ketones is 1. The molecule has 0 amide bonds. The lowest BCUT2D eigenvalue weighted by atomic mass is 10.1. The van der Waals surface area contributed by atoms with Crippen molar-refractivity contribution in [3.63, 3.8) is 0 Å². The summed E-state index contributed by atoms with van der Waals surface area (Å²) >= 11 is 1.84. The van der Waals surface area contributed by atoms with Gasteiger partial charge in [-0.25, -0.2) is 0 Å². The minimum atomic E-state index is 0.159. The van der Waals surface area contributed by atoms with Crippen molar-refractivity contribution in [1.82, 2.24) is 4.90 Å². The highest BCUT2D eigenvalue weighted by molar-refractivity contribution is 7.98. The molecule has 1 atom stereocenters. The molecule has 1 unspecified atom stereocenters. The van der Waals surface area contributed by atoms with Crippen LogP contribution in [0.1, 0.15) is 30.6 Å². The number of carbonyl (C=O) groups is 1. The maximum absolute atomic E-state index is 12.2. The summed E-state index contributed by atoms with van der Waals surface area (Å²) in [6, 6.07) is 7.82. The second-order valence-corrected chi connectivity index (χ2v) is 5.91. The van der Waals surface area contributed by atoms with Crippen molar-refractivity contribution >= 4 is 17.5 Å². The molecule has 1 rings (SSSR count). The average molecular weight is 295 g/mol. The molecule has 20 heavy (non-hydrogen) atoms. The highest BCUT2D eigenvalue weighted by atomic mass is 32.2. The van der Waals surface area contributed by atoms with Gasteiger partial charge in [0.15, 0.2) is 5.78 Å². The Kier molecular flexibility index (Phi) is 7.70. The Morgan fingerprint density at radius 1 is 1.35 bits per heavy atom. The van der Waals surface area contributed by atoms with E-state index in [-0.39, 0.29) is 5.78 Å². The van der Waals surface area contributed by atoms with Gasteiger partial charge in [0.25, 0.3) is 0 Å². The monoisotopic (exact) mass is 295 g/mol. The fourth-order valence-electron chi connectivity index (χ4n) is 1.89. The lowest BCUT2D eigenvalue weighted by Crippen LogP contribution is -2.34. The van der Waals surface area contributed by atoms with Crippen LogP contribution >= 0.6 is 11.8 Å². The standard InChI is InChI=1S/C16H25NO2S/c1-5-19-15-8-6-14(7-9-15)16(18)12-17(3)13(2)10-11-20-4/h6-9,13H,5,10-12H2,1-4H3. The maximum Gasteiger partial charge on any atom is 0.176 e. The van der Waals surface area contributed by atoms with Crippen molar-refractivity contribution < 1.29 is 9.53 Å². The van der Waals surface area contributed by atoms with E-state index < -0.39 is 0 Å². The van der Waals surface area contributed by atoms with Crippen LogP contribution in [-0.4, -0.2) is 48.9 Å². The lowest BCUT2D eigenvalue weighted by molar-refractivity contribution is 0.0923. The summed E-state index contributed by atoms with van der Waals surface area (Å²) < 4.78 is 5.38. The van der Waals surface area contributed by atoms with Crippen LogP contribution in [0.2, 0.25) is 0 Å². The van der Waals surface area contributed by atoms with E-state index in [1.54, 1.807) is 0 Å². The van der Waals surface area contributed by atoms with Gasteiger partial charge in [0.1, 0.15) is 5.75 Å². The van der Waals surface area contributed by atoms with Gasteiger partial charge in [-0.05, 0) is 63.6 Å². The third-order valence-corrected chi connectivity index (χ3v) is 4.02. The fraction of sp³-hybridized carbons (Fsp3) is 0.562. The molecule has 0 spiro atoms. The van der Waals surface area contributed by atoms with E-state index in [9.17, 15) is 4.79 Å². The normalized spacial score (nSPS) is 12.4. The van der Waals surface area contributed by atoms with Gasteiger partial charge in [0.05, 0.1) is 13.2 Å². The van der Waals surface area contributed by atoms with Crippen LogP contribution in [0.3, 0.4) is 0 Å². The molecule has 4 heteroatoms. The Morgan fingerprint density at radius 3 is 2.55 bits per heavy atom. The van der Waals surface area contributed by atoms with Crippen molar-refractivity contribution in [2.24, 2.45) is 0 Å². The largest absolute Gasteiger partial charge is 0.494 e. The number of likely N-dealkylation sites (N-methyl/N-ethyl adjacent to an activating group) is 1. The Labute approximate surface area is 126 Å². The summed E-state index contributed by atoms with van der Waals surface area (Å²) in [5.41, 5.74) is 0.748. The lowest BCUT2D eigenvalue weighted by Gasteiger charge is -2.23. The molecule has 1 aromatic rings. The van der Waals surface area contributed by atoms with Crippen LogP contribution in [0.15, 0.2) is 24.3 Å². The van der Waals surface area contributed by atoms with Gasteiger partial charge in [-0.15, -0.1) is 0 Å². The molecular weight excluding hydrogens is 270 g/mol. The molecule has 112 valence electrons. The SMILES string of the molecule is CCOc1ccc(C(=O)CN(C)C(C)CCSC)cc1. The third-order valence-electron chi connectivity index (χ3n) is 3.37. The van der Waals surface area contributed by atoms with E-state index in [0.717, 1.165) is 23.5 Å². The molecule has 0 bridgehead atoms. The van der Waals surface area contributed by atoms with Crippen molar-refractivity contribution in [3.05, 3.63) is 29.8 Å². The highest BCUT2D eigenvalue weighted by Crippen LogP contribution is 2.13. The number of Topliss-reactive ketones (excluding diaryl/α,β-unsaturated/α-hetero) is 1. The zero-order valence-corrected chi connectivity index (χ0v) is 13.7. The summed E-state index contributed by atoms with van der Waals surface area (Å²) in [5, 5.41) is 0. The molecule has 0 N–H and O–H groups in total. The summed E-state index contributed by atoms with van der Waals surface area (Å²) in [7, 11) is 2.01. The zero-order valence-electron chi connectivity index (χ0n) is 12.9. The van der Waals surface area contributed by atoms with E-state index >= 15 is 0 Å². The van der Waals surface area contributed by atoms with Crippen molar-refractivity contribution in [3.8, 4) is 5.75 Å². The topological polar surface area (TPSA) is 29.5 Å². The first-order chi connectivity index (χ1) is 9.58. The molecule has 0 fully saturated rings. The molecule has 0 heterocycles. The third kappa shape index (κ3) is 5.55. The molecule has 0 aliphatic heterocycles. The summed E-state index contributed by atoms with van der Waals surface area (Å²) in [4.78, 5) is 14.3. The Hall–Kier alpha value is -1.00. The second-order valence-electron chi connectivity index (χ2n) is 4.93. The predicted octanol–water partition coefficient (Wildman–Crippen LogP) is 3.34. The molecule has 0 aliphatic rings. The first-order valence-corrected chi connectivity index (χ1v) is 8.43. The Balaban J connectivity index is 2.52. The van der Waals surface area contributed by atoms with Crippen molar-refractivity contribution in [2.75, 3.05) is 32.2 Å². The van der Waals surface area contributed by atoms with Gasteiger partial charge < -0.3 is 4.74 Å². The van der Waals surface area contributed by atoms with Crippen molar-refractivity contribution in [2.45, 2.75) is 26.3 Å². The van der Waals surface area contributed by atoms with Gasteiger partial charge in [-0.2, -0.15) is 11.8 Å². The van der Waals surface area contributed by atoms with E-state index in [4.69, 9.17) is 4.74 Å². The average Bonchev–Trinajstić information content (AvgIpc) is 2.45. The van der Waals surface area contributed by atoms with E-state index in [1.165, 1.54) is 0 Å². The van der Waals surface area contributed by atoms with Gasteiger partial charge in [0, 0.05) is 11.6 Å². The summed E-state index contributed by atoms with van der Waals surface area (Å²) in [5.74, 6) is 2.10. The smallest absolute Gasteiger partial charge is 0.176 e. The van der Waals surface area contributed by atoms with Gasteiger partial charge in [-0.1, -0.05) is 0 Å². The van der Waals surface area contributed by atoms with Gasteiger partial charge >= 0.3 is 0 Å². The first kappa shape index (κ1) is 17.1. The molecule has 1 aromatic carbocycles. The predicted molar refractivity (Wildman–Crippen MR) is 87.0 cm³/mol. The number of hydrogen-bond donors (Lipinski definition) is 0. The van der Waals surface area contributed by atoms with Crippen LogP contribution in [0, 0.1) is 0 Å². The molecule has 3 nitrogen and oxygen atoms in total. The van der Waals surface area contributed by atoms with Crippen LogP contribution in [0.25, 0.3) is 0 Å². The number of ether oxygens (including phenoxy) is 1. The fourth-order valence-corrected chi connectivity index (χ4v) is 2.46. The highest BCUT2D eigenvalue weighted by Gasteiger charge is 2.14. The summed E-state index contributed by atoms with van der Waals surface area (Å²) in [6.45, 7) is 5.22. The first-order valence-electron chi connectivity index (χ1n) is 7.03. The molecule has 0 aromatic heterocycles. The number of benzene rings is 1. The maximum atomic E-state index is 12.2. The summed E-state index contributed by atoms with van der Waals surface area (Å²) in [6.07, 6.45) is 3.21. The molecule has 0 aliphatic carbocycles. The van der Waals surface area contributed by atoms with Crippen LogP contribution in [0.4, 0.5) is 0 Å². The number of rotatable bonds is 9. The van der Waals surface area contributed by atoms with Crippen LogP contribution in [-0.2, 0) is 0 Å². The number of carbonyl (C=O) groups excluding carboxylic acids is 1. The second kappa shape index (κ2) is 9.03. The van der Waals surface area contributed by atoms with Gasteiger partial charge in [-0.3, -0.25) is 9.69 Å². The van der Waals surface area contributed by atoms with Crippen LogP contribution < -0.4 is 4.74 Å². The van der Waals surface area contributed by atoms with Crippen molar-refractivity contribution in [1.29, 1.82) is 0 Å². The molecule has 0 radical (unpaired) electrons. The van der Waals surface area contributed by atoms with E-state index in [1.807, 2.05) is 50.0 Å². The van der Waals surface area contributed by atoms with Gasteiger partial charge in [0.2, 0.25) is 0 Å². The zero-order chi connectivity index (χ0) is 15.0. The number of nitrogens with zero attached hydrogens (tertiary/aromatic N) is 1. The Bertz CT molecular complexity index is 405. The Morgan fingerprint density at radius 2 is 2.00 bits per heavy atom. The molecule has 0 saturated heterocycles. The number of hydrogen-bond acceptors (Lipinski definition) is 4. The molecular formula is C16H25NO2S. The number of thioether (sulfide) groups is 1. The minimum absolute atomic E-state index is 0.159. The quantitative estimate of drug-likeness (QED) is 0.654. The van der Waals surface area contributed by atoms with Crippen LogP contribution in [0.5, 0.6) is 5.75 Å².